The maximum absolute atomic E-state index is 14.4. The SMILES string of the molecule is CC(C)CC[C@@H](c1cc(OC(F)(F)F)ccc1F)N1CCNCC1. The molecule has 7 heteroatoms. The van der Waals surface area contributed by atoms with Crippen molar-refractivity contribution in [1.82, 2.24) is 10.2 Å². The van der Waals surface area contributed by atoms with E-state index in [0.717, 1.165) is 44.7 Å². The van der Waals surface area contributed by atoms with Crippen LogP contribution in [-0.2, 0) is 0 Å². The van der Waals surface area contributed by atoms with Gasteiger partial charge in [0.25, 0.3) is 0 Å². The maximum atomic E-state index is 14.4. The number of ether oxygens (including phenoxy) is 1. The standard InChI is InChI=1S/C17H24F4N2O/c1-12(2)3-6-16(23-9-7-22-8-10-23)14-11-13(4-5-15(14)18)24-17(19,20)21/h4-5,11-12,16,22H,3,6-10H2,1-2H3/t16-/m0/s1. The fourth-order valence-electron chi connectivity index (χ4n) is 2.99. The Morgan fingerprint density at radius 2 is 1.83 bits per heavy atom. The molecular formula is C17H24F4N2O. The Kier molecular flexibility index (Phi) is 6.46. The maximum Gasteiger partial charge on any atom is 0.573 e. The zero-order valence-electron chi connectivity index (χ0n) is 14.0. The van der Waals surface area contributed by atoms with Gasteiger partial charge in [-0.05, 0) is 37.0 Å². The van der Waals surface area contributed by atoms with Gasteiger partial charge in [-0.15, -0.1) is 13.2 Å². The Morgan fingerprint density at radius 1 is 1.17 bits per heavy atom. The molecule has 0 unspecified atom stereocenters. The number of alkyl halides is 3. The summed E-state index contributed by atoms with van der Waals surface area (Å²) in [5.74, 6) is -0.423. The van der Waals surface area contributed by atoms with Crippen molar-refractivity contribution in [3.8, 4) is 5.75 Å². The van der Waals surface area contributed by atoms with E-state index >= 15 is 0 Å². The summed E-state index contributed by atoms with van der Waals surface area (Å²) in [7, 11) is 0. The molecule has 1 aliphatic rings. The Labute approximate surface area is 140 Å². The Hall–Kier alpha value is -1.34. The van der Waals surface area contributed by atoms with E-state index in [2.05, 4.69) is 28.8 Å². The Bertz CT molecular complexity index is 528. The molecule has 1 aliphatic heterocycles. The van der Waals surface area contributed by atoms with Crippen molar-refractivity contribution in [2.75, 3.05) is 26.2 Å². The van der Waals surface area contributed by atoms with Crippen molar-refractivity contribution in [2.45, 2.75) is 39.1 Å². The zero-order chi connectivity index (χ0) is 17.7. The van der Waals surface area contributed by atoms with Crippen LogP contribution in [0.2, 0.25) is 0 Å². The molecule has 1 heterocycles. The highest BCUT2D eigenvalue weighted by molar-refractivity contribution is 5.32. The molecule has 0 aromatic heterocycles. The first kappa shape index (κ1) is 19.0. The summed E-state index contributed by atoms with van der Waals surface area (Å²) in [5, 5.41) is 3.23. The summed E-state index contributed by atoms with van der Waals surface area (Å²) in [6.07, 6.45) is -3.21. The van der Waals surface area contributed by atoms with Crippen LogP contribution in [0.4, 0.5) is 17.6 Å². The van der Waals surface area contributed by atoms with Crippen molar-refractivity contribution in [3.63, 3.8) is 0 Å². The lowest BCUT2D eigenvalue weighted by atomic mass is 9.95. The average Bonchev–Trinajstić information content (AvgIpc) is 2.50. The number of rotatable bonds is 6. The summed E-state index contributed by atoms with van der Waals surface area (Å²) in [6, 6.07) is 3.02. The van der Waals surface area contributed by atoms with E-state index in [1.54, 1.807) is 0 Å². The van der Waals surface area contributed by atoms with Crippen LogP contribution in [0, 0.1) is 11.7 Å². The molecule has 1 aromatic rings. The van der Waals surface area contributed by atoms with Crippen LogP contribution in [0.1, 0.15) is 38.3 Å². The van der Waals surface area contributed by atoms with Crippen LogP contribution >= 0.6 is 0 Å². The van der Waals surface area contributed by atoms with E-state index in [0.29, 0.717) is 12.3 Å². The van der Waals surface area contributed by atoms with E-state index in [1.165, 1.54) is 6.07 Å². The highest BCUT2D eigenvalue weighted by Gasteiger charge is 2.32. The normalized spacial score (nSPS) is 18.0. The van der Waals surface area contributed by atoms with Crippen molar-refractivity contribution in [3.05, 3.63) is 29.6 Å². The minimum atomic E-state index is -4.78. The first-order chi connectivity index (χ1) is 11.3. The molecule has 0 bridgehead atoms. The quantitative estimate of drug-likeness (QED) is 0.783. The van der Waals surface area contributed by atoms with Crippen molar-refractivity contribution >= 4 is 0 Å². The lowest BCUT2D eigenvalue weighted by Crippen LogP contribution is -2.45. The van der Waals surface area contributed by atoms with Crippen molar-refractivity contribution in [1.29, 1.82) is 0 Å². The average molecular weight is 348 g/mol. The number of nitrogens with one attached hydrogen (secondary N) is 1. The fourth-order valence-corrected chi connectivity index (χ4v) is 2.99. The summed E-state index contributed by atoms with van der Waals surface area (Å²) in [5.41, 5.74) is 0.277. The Morgan fingerprint density at radius 3 is 2.42 bits per heavy atom. The second kappa shape index (κ2) is 8.16. The highest BCUT2D eigenvalue weighted by Crippen LogP contribution is 2.33. The second-order valence-electron chi connectivity index (χ2n) is 6.50. The number of nitrogens with zero attached hydrogens (tertiary/aromatic N) is 1. The van der Waals surface area contributed by atoms with E-state index in [9.17, 15) is 17.6 Å². The molecule has 2 rings (SSSR count). The zero-order valence-corrected chi connectivity index (χ0v) is 14.0. The van der Waals surface area contributed by atoms with Gasteiger partial charge in [0, 0.05) is 37.8 Å². The number of hydrogen-bond donors (Lipinski definition) is 1. The number of hydrogen-bond acceptors (Lipinski definition) is 3. The first-order valence-corrected chi connectivity index (χ1v) is 8.26. The summed E-state index contributed by atoms with van der Waals surface area (Å²) in [6.45, 7) is 7.22. The fraction of sp³-hybridized carbons (Fsp3) is 0.647. The molecule has 1 N–H and O–H groups in total. The molecular weight excluding hydrogens is 324 g/mol. The Balaban J connectivity index is 2.27. The smallest absolute Gasteiger partial charge is 0.406 e. The molecule has 3 nitrogen and oxygen atoms in total. The van der Waals surface area contributed by atoms with Crippen LogP contribution in [0.15, 0.2) is 18.2 Å². The molecule has 0 amide bonds. The van der Waals surface area contributed by atoms with Gasteiger partial charge in [0.15, 0.2) is 0 Å². The van der Waals surface area contributed by atoms with Gasteiger partial charge in [0.05, 0.1) is 0 Å². The minimum absolute atomic E-state index is 0.244. The molecule has 24 heavy (non-hydrogen) atoms. The molecule has 1 atom stereocenters. The molecule has 0 radical (unpaired) electrons. The predicted molar refractivity (Wildman–Crippen MR) is 84.3 cm³/mol. The van der Waals surface area contributed by atoms with Gasteiger partial charge in [-0.2, -0.15) is 0 Å². The summed E-state index contributed by atoms with van der Waals surface area (Å²) < 4.78 is 55.7. The van der Waals surface area contributed by atoms with Crippen LogP contribution in [0.3, 0.4) is 0 Å². The van der Waals surface area contributed by atoms with Gasteiger partial charge in [0.1, 0.15) is 11.6 Å². The lowest BCUT2D eigenvalue weighted by Gasteiger charge is -2.36. The van der Waals surface area contributed by atoms with Crippen LogP contribution in [0.25, 0.3) is 0 Å². The first-order valence-electron chi connectivity index (χ1n) is 8.26. The van der Waals surface area contributed by atoms with Crippen molar-refractivity contribution < 1.29 is 22.3 Å². The summed E-state index contributed by atoms with van der Waals surface area (Å²) >= 11 is 0. The minimum Gasteiger partial charge on any atom is -0.406 e. The van der Waals surface area contributed by atoms with Gasteiger partial charge >= 0.3 is 6.36 Å². The van der Waals surface area contributed by atoms with Crippen LogP contribution in [0.5, 0.6) is 5.75 Å². The monoisotopic (exact) mass is 348 g/mol. The number of benzene rings is 1. The highest BCUT2D eigenvalue weighted by atomic mass is 19.4. The van der Waals surface area contributed by atoms with Gasteiger partial charge in [-0.3, -0.25) is 4.90 Å². The molecule has 0 saturated carbocycles. The number of piperazine rings is 1. The molecule has 1 aromatic carbocycles. The van der Waals surface area contributed by atoms with E-state index in [1.807, 2.05) is 0 Å². The third kappa shape index (κ3) is 5.63. The van der Waals surface area contributed by atoms with Crippen molar-refractivity contribution in [2.24, 2.45) is 5.92 Å². The van der Waals surface area contributed by atoms with E-state index < -0.39 is 12.2 Å². The molecule has 1 saturated heterocycles. The third-order valence-corrected chi connectivity index (χ3v) is 4.17. The summed E-state index contributed by atoms with van der Waals surface area (Å²) in [4.78, 5) is 2.13. The molecule has 0 spiro atoms. The molecule has 0 aliphatic carbocycles. The van der Waals surface area contributed by atoms with E-state index in [-0.39, 0.29) is 17.4 Å². The second-order valence-corrected chi connectivity index (χ2v) is 6.50. The van der Waals surface area contributed by atoms with Crippen LogP contribution in [-0.4, -0.2) is 37.4 Å². The molecule has 136 valence electrons. The predicted octanol–water partition coefficient (Wildman–Crippen LogP) is 4.11. The van der Waals surface area contributed by atoms with Gasteiger partial charge in [-0.1, -0.05) is 13.8 Å². The van der Waals surface area contributed by atoms with E-state index in [4.69, 9.17) is 0 Å². The largest absolute Gasteiger partial charge is 0.573 e. The topological polar surface area (TPSA) is 24.5 Å². The third-order valence-electron chi connectivity index (χ3n) is 4.17. The van der Waals surface area contributed by atoms with Gasteiger partial charge in [-0.25, -0.2) is 4.39 Å². The number of halogens is 4. The molecule has 1 fully saturated rings. The van der Waals surface area contributed by atoms with Gasteiger partial charge < -0.3 is 10.1 Å². The lowest BCUT2D eigenvalue weighted by molar-refractivity contribution is -0.274. The van der Waals surface area contributed by atoms with Gasteiger partial charge in [0.2, 0.25) is 0 Å². The van der Waals surface area contributed by atoms with Crippen LogP contribution < -0.4 is 10.1 Å².